The molecule has 0 saturated carbocycles. The highest BCUT2D eigenvalue weighted by molar-refractivity contribution is 5.69. The second kappa shape index (κ2) is 4.72. The first kappa shape index (κ1) is 11.4. The zero-order chi connectivity index (χ0) is 10.6. The van der Waals surface area contributed by atoms with Gasteiger partial charge in [0.2, 0.25) is 0 Å². The molecule has 5 heteroatoms. The topological polar surface area (TPSA) is 65.0 Å². The van der Waals surface area contributed by atoms with Gasteiger partial charge in [-0.2, -0.15) is 0 Å². The highest BCUT2D eigenvalue weighted by Gasteiger charge is 2.30. The maximum atomic E-state index is 11.0. The number of ether oxygens (including phenoxy) is 3. The van der Waals surface area contributed by atoms with Crippen molar-refractivity contribution in [1.82, 2.24) is 0 Å². The zero-order valence-corrected chi connectivity index (χ0v) is 8.49. The van der Waals surface area contributed by atoms with Gasteiger partial charge in [-0.25, -0.2) is 0 Å². The normalized spacial score (nSPS) is 25.8. The first-order chi connectivity index (χ1) is 6.53. The fourth-order valence-corrected chi connectivity index (χ4v) is 1.39. The highest BCUT2D eigenvalue weighted by Crippen LogP contribution is 2.23. The van der Waals surface area contributed by atoms with Crippen LogP contribution in [0.1, 0.15) is 26.7 Å². The number of hydrogen-bond donors (Lipinski definition) is 1. The molecule has 0 aromatic rings. The van der Waals surface area contributed by atoms with E-state index in [1.165, 1.54) is 0 Å². The van der Waals surface area contributed by atoms with Gasteiger partial charge in [-0.3, -0.25) is 4.79 Å². The summed E-state index contributed by atoms with van der Waals surface area (Å²) in [7, 11) is 0. The molecule has 1 unspecified atom stereocenters. The van der Waals surface area contributed by atoms with Gasteiger partial charge in [0.05, 0.1) is 19.1 Å². The van der Waals surface area contributed by atoms with Gasteiger partial charge in [-0.15, -0.1) is 0 Å². The Hall–Kier alpha value is -0.650. The van der Waals surface area contributed by atoms with E-state index in [1.54, 1.807) is 13.8 Å². The minimum Gasteiger partial charge on any atom is -0.439 e. The summed E-state index contributed by atoms with van der Waals surface area (Å²) in [6, 6.07) is 0. The van der Waals surface area contributed by atoms with Gasteiger partial charge in [0.25, 0.3) is 0 Å². The number of carbonyl (C=O) groups is 1. The number of carbonyl (C=O) groups excluding carboxylic acids is 1. The van der Waals surface area contributed by atoms with Crippen LogP contribution in [0.3, 0.4) is 0 Å². The van der Waals surface area contributed by atoms with E-state index < -0.39 is 18.5 Å². The van der Waals surface area contributed by atoms with Crippen LogP contribution in [0, 0.1) is 0 Å². The van der Waals surface area contributed by atoms with Crippen LogP contribution in [-0.2, 0) is 19.0 Å². The third kappa shape index (κ3) is 3.61. The van der Waals surface area contributed by atoms with E-state index in [2.05, 4.69) is 4.74 Å². The van der Waals surface area contributed by atoms with Crippen LogP contribution in [0.4, 0.5) is 0 Å². The van der Waals surface area contributed by atoms with Gasteiger partial charge in [0, 0.05) is 0 Å². The fourth-order valence-electron chi connectivity index (χ4n) is 1.39. The van der Waals surface area contributed by atoms with Crippen molar-refractivity contribution in [3.8, 4) is 0 Å². The van der Waals surface area contributed by atoms with Crippen molar-refractivity contribution in [2.45, 2.75) is 38.6 Å². The molecule has 1 aliphatic rings. The van der Waals surface area contributed by atoms with Crippen LogP contribution in [0.5, 0.6) is 0 Å². The van der Waals surface area contributed by atoms with Crippen LogP contribution >= 0.6 is 0 Å². The molecule has 1 fully saturated rings. The molecule has 1 N–H and O–H groups in total. The van der Waals surface area contributed by atoms with E-state index >= 15 is 0 Å². The first-order valence-electron chi connectivity index (χ1n) is 4.62. The predicted molar refractivity (Wildman–Crippen MR) is 47.3 cm³/mol. The van der Waals surface area contributed by atoms with Gasteiger partial charge in [0.1, 0.15) is 0 Å². The van der Waals surface area contributed by atoms with E-state index in [-0.39, 0.29) is 12.5 Å². The molecule has 0 aromatic carbocycles. The van der Waals surface area contributed by atoms with Crippen molar-refractivity contribution in [1.29, 1.82) is 0 Å². The summed E-state index contributed by atoms with van der Waals surface area (Å²) >= 11 is 0. The summed E-state index contributed by atoms with van der Waals surface area (Å²) in [5.74, 6) is -1.09. The zero-order valence-electron chi connectivity index (χ0n) is 8.49. The second-order valence-corrected chi connectivity index (χ2v) is 3.63. The number of hydrogen-bond acceptors (Lipinski definition) is 5. The quantitative estimate of drug-likeness (QED) is 0.533. The van der Waals surface area contributed by atoms with Gasteiger partial charge in [-0.1, -0.05) is 0 Å². The number of aliphatic hydroxyl groups is 1. The summed E-state index contributed by atoms with van der Waals surface area (Å²) in [6.07, 6.45) is 0.648. The van der Waals surface area contributed by atoms with Crippen LogP contribution in [0.2, 0.25) is 0 Å². The van der Waals surface area contributed by atoms with Gasteiger partial charge in [0.15, 0.2) is 12.6 Å². The summed E-state index contributed by atoms with van der Waals surface area (Å²) in [4.78, 5) is 11.0. The Morgan fingerprint density at radius 1 is 1.64 bits per heavy atom. The fraction of sp³-hybridized carbons (Fsp3) is 0.889. The molecule has 5 nitrogen and oxygen atoms in total. The molecule has 1 heterocycles. The highest BCUT2D eigenvalue weighted by atomic mass is 16.7. The molecule has 0 aliphatic carbocycles. The van der Waals surface area contributed by atoms with Crippen LogP contribution in [-0.4, -0.2) is 36.4 Å². The van der Waals surface area contributed by atoms with E-state index in [9.17, 15) is 4.79 Å². The average molecular weight is 204 g/mol. The Balaban J connectivity index is 2.34. The standard InChI is InChI=1S/C9H16O5/c1-9(2)13-4-3-7(14-9)5-8(11)12-6-10/h7,10H,3-6H2,1-2H3. The SMILES string of the molecule is CC1(C)OCCC(CC(=O)OCO)O1. The molecule has 0 amide bonds. The number of aliphatic hydroxyl groups excluding tert-OH is 1. The lowest BCUT2D eigenvalue weighted by molar-refractivity contribution is -0.273. The second-order valence-electron chi connectivity index (χ2n) is 3.63. The minimum atomic E-state index is -0.636. The van der Waals surface area contributed by atoms with E-state index in [0.717, 1.165) is 0 Å². The maximum absolute atomic E-state index is 11.0. The number of esters is 1. The van der Waals surface area contributed by atoms with Crippen molar-refractivity contribution in [3.63, 3.8) is 0 Å². The number of rotatable bonds is 3. The molecular weight excluding hydrogens is 188 g/mol. The van der Waals surface area contributed by atoms with E-state index in [1.807, 2.05) is 0 Å². The third-order valence-corrected chi connectivity index (χ3v) is 1.96. The van der Waals surface area contributed by atoms with Gasteiger partial charge in [-0.05, 0) is 20.3 Å². The van der Waals surface area contributed by atoms with Crippen molar-refractivity contribution >= 4 is 5.97 Å². The lowest BCUT2D eigenvalue weighted by atomic mass is 10.1. The first-order valence-corrected chi connectivity index (χ1v) is 4.62. The minimum absolute atomic E-state index is 0.160. The molecule has 0 spiro atoms. The van der Waals surface area contributed by atoms with Crippen LogP contribution in [0.15, 0.2) is 0 Å². The molecule has 0 radical (unpaired) electrons. The van der Waals surface area contributed by atoms with Crippen molar-refractivity contribution in [2.75, 3.05) is 13.4 Å². The maximum Gasteiger partial charge on any atom is 0.310 e. The molecular formula is C9H16O5. The lowest BCUT2D eigenvalue weighted by Gasteiger charge is -2.35. The smallest absolute Gasteiger partial charge is 0.310 e. The molecule has 14 heavy (non-hydrogen) atoms. The molecule has 1 aliphatic heterocycles. The molecule has 1 rings (SSSR count). The van der Waals surface area contributed by atoms with E-state index in [0.29, 0.717) is 13.0 Å². The molecule has 0 aromatic heterocycles. The van der Waals surface area contributed by atoms with Crippen molar-refractivity contribution in [3.05, 3.63) is 0 Å². The molecule has 1 atom stereocenters. The predicted octanol–water partition coefficient (Wildman–Crippen LogP) is 0.411. The Morgan fingerprint density at radius 2 is 2.36 bits per heavy atom. The summed E-state index contributed by atoms with van der Waals surface area (Å²) in [5, 5.41) is 8.36. The Kier molecular flexibility index (Phi) is 3.86. The van der Waals surface area contributed by atoms with Crippen LogP contribution in [0.25, 0.3) is 0 Å². The monoisotopic (exact) mass is 204 g/mol. The Morgan fingerprint density at radius 3 is 2.93 bits per heavy atom. The lowest BCUT2D eigenvalue weighted by Crippen LogP contribution is -2.40. The van der Waals surface area contributed by atoms with Crippen molar-refractivity contribution < 1.29 is 24.1 Å². The van der Waals surface area contributed by atoms with Gasteiger partial charge >= 0.3 is 5.97 Å². The molecule has 82 valence electrons. The Bertz CT molecular complexity index is 201. The molecule has 0 bridgehead atoms. The van der Waals surface area contributed by atoms with Gasteiger partial charge < -0.3 is 19.3 Å². The largest absolute Gasteiger partial charge is 0.439 e. The summed E-state index contributed by atoms with van der Waals surface area (Å²) < 4.78 is 15.2. The summed E-state index contributed by atoms with van der Waals surface area (Å²) in [5.41, 5.74) is 0. The van der Waals surface area contributed by atoms with Crippen LogP contribution < -0.4 is 0 Å². The van der Waals surface area contributed by atoms with Crippen molar-refractivity contribution in [2.24, 2.45) is 0 Å². The average Bonchev–Trinajstić information content (AvgIpc) is 2.02. The summed E-state index contributed by atoms with van der Waals surface area (Å²) in [6.45, 7) is 3.60. The molecule has 1 saturated heterocycles. The Labute approximate surface area is 82.9 Å². The van der Waals surface area contributed by atoms with E-state index in [4.69, 9.17) is 14.6 Å². The third-order valence-electron chi connectivity index (χ3n) is 1.96.